The Morgan fingerprint density at radius 3 is 3.00 bits per heavy atom. The molecular weight excluding hydrogens is 284 g/mol. The summed E-state index contributed by atoms with van der Waals surface area (Å²) in [6.45, 7) is 0.412. The van der Waals surface area contributed by atoms with E-state index in [9.17, 15) is 9.90 Å². The van der Waals surface area contributed by atoms with Crippen molar-refractivity contribution in [1.29, 1.82) is 0 Å². The van der Waals surface area contributed by atoms with E-state index in [0.717, 1.165) is 25.7 Å². The van der Waals surface area contributed by atoms with Crippen LogP contribution in [0.25, 0.3) is 0 Å². The van der Waals surface area contributed by atoms with Crippen LogP contribution in [0, 0.1) is 0 Å². The molecule has 1 aromatic heterocycles. The van der Waals surface area contributed by atoms with Gasteiger partial charge in [-0.1, -0.05) is 12.8 Å². The van der Waals surface area contributed by atoms with Crippen molar-refractivity contribution in [3.63, 3.8) is 0 Å². The van der Waals surface area contributed by atoms with Gasteiger partial charge < -0.3 is 20.5 Å². The largest absolute Gasteiger partial charge is 0.394 e. The van der Waals surface area contributed by atoms with Crippen LogP contribution >= 0.6 is 0 Å². The third-order valence-corrected chi connectivity index (χ3v) is 4.14. The van der Waals surface area contributed by atoms with Crippen LogP contribution in [-0.2, 0) is 4.74 Å². The van der Waals surface area contributed by atoms with Gasteiger partial charge in [0.2, 0.25) is 0 Å². The van der Waals surface area contributed by atoms with Crippen molar-refractivity contribution in [3.8, 4) is 0 Å². The van der Waals surface area contributed by atoms with Gasteiger partial charge in [-0.25, -0.2) is 4.79 Å². The van der Waals surface area contributed by atoms with Gasteiger partial charge in [0.15, 0.2) is 0 Å². The summed E-state index contributed by atoms with van der Waals surface area (Å²) < 4.78 is 6.91. The van der Waals surface area contributed by atoms with E-state index in [1.165, 1.54) is 0 Å². The van der Waals surface area contributed by atoms with Crippen LogP contribution in [0.15, 0.2) is 18.5 Å². The molecule has 1 saturated carbocycles. The SMILES string of the molecule is COCC[C@H](CO)NC(=O)N[C@H]1CCCC[C@H]1n1cccn1. The number of amides is 2. The molecule has 1 aliphatic carbocycles. The molecule has 0 unspecified atom stereocenters. The number of urea groups is 1. The van der Waals surface area contributed by atoms with Crippen LogP contribution in [0.4, 0.5) is 4.79 Å². The lowest BCUT2D eigenvalue weighted by Crippen LogP contribution is -2.51. The van der Waals surface area contributed by atoms with Gasteiger partial charge in [0, 0.05) is 26.1 Å². The second kappa shape index (κ2) is 8.75. The molecular formula is C15H26N4O3. The Morgan fingerprint density at radius 1 is 1.50 bits per heavy atom. The lowest BCUT2D eigenvalue weighted by atomic mass is 9.90. The highest BCUT2D eigenvalue weighted by molar-refractivity contribution is 5.74. The minimum Gasteiger partial charge on any atom is -0.394 e. The van der Waals surface area contributed by atoms with Gasteiger partial charge >= 0.3 is 6.03 Å². The molecule has 124 valence electrons. The molecule has 0 saturated heterocycles. The predicted octanol–water partition coefficient (Wildman–Crippen LogP) is 1.06. The first-order valence-corrected chi connectivity index (χ1v) is 7.90. The van der Waals surface area contributed by atoms with E-state index in [1.807, 2.05) is 16.9 Å². The van der Waals surface area contributed by atoms with E-state index in [2.05, 4.69) is 15.7 Å². The van der Waals surface area contributed by atoms with Gasteiger partial charge in [0.25, 0.3) is 0 Å². The molecule has 7 nitrogen and oxygen atoms in total. The van der Waals surface area contributed by atoms with Gasteiger partial charge in [0.1, 0.15) is 0 Å². The summed E-state index contributed by atoms with van der Waals surface area (Å²) in [6, 6.07) is 1.64. The molecule has 0 aliphatic heterocycles. The van der Waals surface area contributed by atoms with Crippen molar-refractivity contribution in [1.82, 2.24) is 20.4 Å². The lowest BCUT2D eigenvalue weighted by Gasteiger charge is -2.32. The Balaban J connectivity index is 1.88. The number of aliphatic hydroxyl groups is 1. The van der Waals surface area contributed by atoms with Gasteiger partial charge in [-0.05, 0) is 25.3 Å². The Kier molecular flexibility index (Phi) is 6.67. The number of nitrogens with zero attached hydrogens (tertiary/aromatic N) is 2. The molecule has 1 heterocycles. The van der Waals surface area contributed by atoms with Crippen LogP contribution in [0.2, 0.25) is 0 Å². The van der Waals surface area contributed by atoms with Crippen molar-refractivity contribution in [3.05, 3.63) is 18.5 Å². The van der Waals surface area contributed by atoms with E-state index in [0.29, 0.717) is 13.0 Å². The number of rotatable bonds is 7. The molecule has 1 fully saturated rings. The van der Waals surface area contributed by atoms with Crippen LogP contribution in [-0.4, -0.2) is 53.3 Å². The molecule has 0 bridgehead atoms. The lowest BCUT2D eigenvalue weighted by molar-refractivity contribution is 0.157. The number of hydrogen-bond donors (Lipinski definition) is 3. The smallest absolute Gasteiger partial charge is 0.315 e. The number of carbonyl (C=O) groups excluding carboxylic acids is 1. The first-order chi connectivity index (χ1) is 10.7. The molecule has 0 radical (unpaired) electrons. The van der Waals surface area contributed by atoms with Crippen molar-refractivity contribution in [2.75, 3.05) is 20.3 Å². The zero-order valence-corrected chi connectivity index (χ0v) is 13.1. The number of hydrogen-bond acceptors (Lipinski definition) is 4. The second-order valence-electron chi connectivity index (χ2n) is 5.72. The summed E-state index contributed by atoms with van der Waals surface area (Å²) in [5, 5.41) is 19.4. The highest BCUT2D eigenvalue weighted by atomic mass is 16.5. The highest BCUT2D eigenvalue weighted by Gasteiger charge is 2.28. The second-order valence-corrected chi connectivity index (χ2v) is 5.72. The maximum atomic E-state index is 12.2. The minimum absolute atomic E-state index is 0.0652. The van der Waals surface area contributed by atoms with Gasteiger partial charge in [-0.15, -0.1) is 0 Å². The van der Waals surface area contributed by atoms with Gasteiger partial charge in [0.05, 0.1) is 24.7 Å². The minimum atomic E-state index is -0.285. The van der Waals surface area contributed by atoms with Crippen LogP contribution in [0.5, 0.6) is 0 Å². The maximum Gasteiger partial charge on any atom is 0.315 e. The molecule has 22 heavy (non-hydrogen) atoms. The van der Waals surface area contributed by atoms with Crippen LogP contribution in [0.3, 0.4) is 0 Å². The third-order valence-electron chi connectivity index (χ3n) is 4.14. The zero-order chi connectivity index (χ0) is 15.8. The Bertz CT molecular complexity index is 438. The molecule has 2 rings (SSSR count). The van der Waals surface area contributed by atoms with Crippen molar-refractivity contribution in [2.45, 2.75) is 50.2 Å². The summed E-state index contributed by atoms with van der Waals surface area (Å²) in [6.07, 6.45) is 8.51. The predicted molar refractivity (Wildman–Crippen MR) is 82.6 cm³/mol. The number of aromatic nitrogens is 2. The molecule has 0 aromatic carbocycles. The van der Waals surface area contributed by atoms with E-state index in [1.54, 1.807) is 13.3 Å². The molecule has 2 amide bonds. The number of methoxy groups -OCH3 is 1. The Labute approximate surface area is 131 Å². The molecule has 0 spiro atoms. The van der Waals surface area contributed by atoms with Crippen molar-refractivity contribution >= 4 is 6.03 Å². The molecule has 3 atom stereocenters. The van der Waals surface area contributed by atoms with Gasteiger partial charge in [-0.3, -0.25) is 4.68 Å². The van der Waals surface area contributed by atoms with Crippen molar-refractivity contribution in [2.24, 2.45) is 0 Å². The summed E-state index contributed by atoms with van der Waals surface area (Å²) in [4.78, 5) is 12.2. The molecule has 7 heteroatoms. The topological polar surface area (TPSA) is 88.4 Å². The average molecular weight is 310 g/mol. The fourth-order valence-corrected chi connectivity index (χ4v) is 2.94. The van der Waals surface area contributed by atoms with E-state index in [4.69, 9.17) is 4.74 Å². The molecule has 1 aliphatic rings. The third kappa shape index (κ3) is 4.71. The number of nitrogens with one attached hydrogen (secondary N) is 2. The number of ether oxygens (including phenoxy) is 1. The normalized spacial score (nSPS) is 23.0. The summed E-state index contributed by atoms with van der Waals surface area (Å²) in [5.74, 6) is 0. The fourth-order valence-electron chi connectivity index (χ4n) is 2.94. The Hall–Kier alpha value is -1.60. The van der Waals surface area contributed by atoms with E-state index in [-0.39, 0.29) is 30.8 Å². The monoisotopic (exact) mass is 310 g/mol. The van der Waals surface area contributed by atoms with Crippen LogP contribution < -0.4 is 10.6 Å². The zero-order valence-electron chi connectivity index (χ0n) is 13.1. The summed E-state index contributed by atoms with van der Waals surface area (Å²) in [5.41, 5.74) is 0. The number of aliphatic hydroxyl groups excluding tert-OH is 1. The first-order valence-electron chi connectivity index (χ1n) is 7.90. The van der Waals surface area contributed by atoms with Gasteiger partial charge in [-0.2, -0.15) is 5.10 Å². The standard InChI is InChI=1S/C15H26N4O3/c1-22-10-7-12(11-20)17-15(21)18-13-5-2-3-6-14(13)19-9-4-8-16-19/h4,8-9,12-14,20H,2-3,5-7,10-11H2,1H3,(H2,17,18,21)/t12-,13+,14-/m1/s1. The molecule has 3 N–H and O–H groups in total. The fraction of sp³-hybridized carbons (Fsp3) is 0.733. The van der Waals surface area contributed by atoms with E-state index >= 15 is 0 Å². The average Bonchev–Trinajstić information content (AvgIpc) is 3.06. The quantitative estimate of drug-likeness (QED) is 0.703. The summed E-state index contributed by atoms with van der Waals surface area (Å²) in [7, 11) is 1.60. The summed E-state index contributed by atoms with van der Waals surface area (Å²) >= 11 is 0. The highest BCUT2D eigenvalue weighted by Crippen LogP contribution is 2.27. The number of carbonyl (C=O) groups is 1. The maximum absolute atomic E-state index is 12.2. The van der Waals surface area contributed by atoms with Crippen molar-refractivity contribution < 1.29 is 14.6 Å². The van der Waals surface area contributed by atoms with E-state index < -0.39 is 0 Å². The first kappa shape index (κ1) is 16.8. The molecule has 1 aromatic rings. The Morgan fingerprint density at radius 2 is 2.32 bits per heavy atom. The van der Waals surface area contributed by atoms with Crippen LogP contribution in [0.1, 0.15) is 38.1 Å².